The topological polar surface area (TPSA) is 44.4 Å². The molecule has 0 spiro atoms. The Kier molecular flexibility index (Phi) is 5.64. The maximum absolute atomic E-state index is 12.2. The predicted octanol–water partition coefficient (Wildman–Crippen LogP) is 1.37. The summed E-state index contributed by atoms with van der Waals surface area (Å²) in [6, 6.07) is 0.528. The molecule has 4 heteroatoms. The highest BCUT2D eigenvalue weighted by Crippen LogP contribution is 2.20. The van der Waals surface area contributed by atoms with E-state index in [0.717, 1.165) is 45.4 Å². The van der Waals surface area contributed by atoms with Gasteiger partial charge in [-0.25, -0.2) is 0 Å². The summed E-state index contributed by atoms with van der Waals surface area (Å²) in [5.41, 5.74) is 0. The van der Waals surface area contributed by atoms with E-state index in [2.05, 4.69) is 29.4 Å². The van der Waals surface area contributed by atoms with Gasteiger partial charge in [-0.3, -0.25) is 9.69 Å². The normalized spacial score (nSPS) is 29.4. The lowest BCUT2D eigenvalue weighted by Gasteiger charge is -2.37. The summed E-state index contributed by atoms with van der Waals surface area (Å²) in [4.78, 5) is 14.7. The SMILES string of the molecule is CC(C)N(CC1CCCNC1)C1CCCCNC1=O. The molecule has 2 atom stereocenters. The van der Waals surface area contributed by atoms with Gasteiger partial charge in [-0.15, -0.1) is 0 Å². The standard InChI is InChI=1S/C15H29N3O/c1-12(2)18(11-13-6-5-8-16-10-13)14-7-3-4-9-17-15(14)19/h12-14,16H,3-11H2,1-2H3,(H,17,19). The van der Waals surface area contributed by atoms with E-state index < -0.39 is 0 Å². The number of amides is 1. The molecule has 2 aliphatic heterocycles. The Hall–Kier alpha value is -0.610. The molecule has 0 bridgehead atoms. The average Bonchev–Trinajstić information content (AvgIpc) is 2.62. The molecule has 2 unspecified atom stereocenters. The summed E-state index contributed by atoms with van der Waals surface area (Å²) < 4.78 is 0. The van der Waals surface area contributed by atoms with Crippen LogP contribution in [0.25, 0.3) is 0 Å². The van der Waals surface area contributed by atoms with Gasteiger partial charge in [0.15, 0.2) is 0 Å². The second-order valence-electron chi connectivity index (χ2n) is 6.31. The van der Waals surface area contributed by atoms with Crippen LogP contribution in [0.15, 0.2) is 0 Å². The minimum absolute atomic E-state index is 0.0874. The molecule has 110 valence electrons. The fourth-order valence-corrected chi connectivity index (χ4v) is 3.32. The van der Waals surface area contributed by atoms with Crippen molar-refractivity contribution in [2.75, 3.05) is 26.2 Å². The second-order valence-corrected chi connectivity index (χ2v) is 6.31. The van der Waals surface area contributed by atoms with Gasteiger partial charge in [0.2, 0.25) is 5.91 Å². The molecule has 2 fully saturated rings. The Morgan fingerprint density at radius 3 is 2.74 bits per heavy atom. The summed E-state index contributed by atoms with van der Waals surface area (Å²) in [5.74, 6) is 0.946. The van der Waals surface area contributed by atoms with Crippen LogP contribution in [-0.4, -0.2) is 49.1 Å². The van der Waals surface area contributed by atoms with Crippen molar-refractivity contribution in [3.05, 3.63) is 0 Å². The van der Waals surface area contributed by atoms with E-state index in [-0.39, 0.29) is 11.9 Å². The van der Waals surface area contributed by atoms with Crippen LogP contribution < -0.4 is 10.6 Å². The molecule has 2 heterocycles. The zero-order valence-electron chi connectivity index (χ0n) is 12.5. The highest BCUT2D eigenvalue weighted by atomic mass is 16.2. The highest BCUT2D eigenvalue weighted by Gasteiger charge is 2.30. The average molecular weight is 267 g/mol. The van der Waals surface area contributed by atoms with Gasteiger partial charge in [-0.05, 0) is 65.0 Å². The van der Waals surface area contributed by atoms with E-state index in [0.29, 0.717) is 12.0 Å². The lowest BCUT2D eigenvalue weighted by Crippen LogP contribution is -2.51. The first-order valence-corrected chi connectivity index (χ1v) is 7.92. The monoisotopic (exact) mass is 267 g/mol. The molecule has 2 aliphatic rings. The van der Waals surface area contributed by atoms with Crippen LogP contribution in [0.2, 0.25) is 0 Å². The van der Waals surface area contributed by atoms with Gasteiger partial charge in [-0.2, -0.15) is 0 Å². The van der Waals surface area contributed by atoms with Gasteiger partial charge < -0.3 is 10.6 Å². The smallest absolute Gasteiger partial charge is 0.237 e. The van der Waals surface area contributed by atoms with Crippen molar-refractivity contribution >= 4 is 5.91 Å². The van der Waals surface area contributed by atoms with E-state index >= 15 is 0 Å². The molecule has 2 rings (SSSR count). The number of carbonyl (C=O) groups excluding carboxylic acids is 1. The Labute approximate surface area is 117 Å². The van der Waals surface area contributed by atoms with Crippen LogP contribution >= 0.6 is 0 Å². The van der Waals surface area contributed by atoms with Gasteiger partial charge in [0.1, 0.15) is 0 Å². The van der Waals surface area contributed by atoms with Gasteiger partial charge in [0.25, 0.3) is 0 Å². The van der Waals surface area contributed by atoms with E-state index in [4.69, 9.17) is 0 Å². The summed E-state index contributed by atoms with van der Waals surface area (Å²) in [6.45, 7) is 8.61. The zero-order valence-corrected chi connectivity index (χ0v) is 12.5. The van der Waals surface area contributed by atoms with Crippen molar-refractivity contribution in [3.8, 4) is 0 Å². The molecular weight excluding hydrogens is 238 g/mol. The van der Waals surface area contributed by atoms with E-state index in [9.17, 15) is 4.79 Å². The third kappa shape index (κ3) is 4.18. The minimum atomic E-state index is 0.0874. The van der Waals surface area contributed by atoms with Crippen molar-refractivity contribution in [1.82, 2.24) is 15.5 Å². The van der Waals surface area contributed by atoms with Crippen LogP contribution in [0, 0.1) is 5.92 Å². The maximum atomic E-state index is 12.2. The maximum Gasteiger partial charge on any atom is 0.237 e. The van der Waals surface area contributed by atoms with Gasteiger partial charge >= 0.3 is 0 Å². The molecule has 2 saturated heterocycles. The summed E-state index contributed by atoms with van der Waals surface area (Å²) in [6.07, 6.45) is 5.87. The number of hydrogen-bond donors (Lipinski definition) is 2. The minimum Gasteiger partial charge on any atom is -0.355 e. The number of rotatable bonds is 4. The van der Waals surface area contributed by atoms with E-state index in [1.165, 1.54) is 12.8 Å². The molecule has 0 aromatic heterocycles. The molecule has 19 heavy (non-hydrogen) atoms. The predicted molar refractivity (Wildman–Crippen MR) is 78.1 cm³/mol. The summed E-state index contributed by atoms with van der Waals surface area (Å²) in [5, 5.41) is 6.55. The first-order chi connectivity index (χ1) is 9.18. The van der Waals surface area contributed by atoms with Gasteiger partial charge in [0.05, 0.1) is 6.04 Å². The number of hydrogen-bond acceptors (Lipinski definition) is 3. The highest BCUT2D eigenvalue weighted by molar-refractivity contribution is 5.81. The number of nitrogens with one attached hydrogen (secondary N) is 2. The van der Waals surface area contributed by atoms with E-state index in [1.807, 2.05) is 0 Å². The van der Waals surface area contributed by atoms with Crippen molar-refractivity contribution in [2.24, 2.45) is 5.92 Å². The zero-order chi connectivity index (χ0) is 13.7. The number of piperidine rings is 1. The van der Waals surface area contributed by atoms with Crippen LogP contribution in [0.1, 0.15) is 46.0 Å². The first kappa shape index (κ1) is 14.8. The molecule has 0 aromatic rings. The first-order valence-electron chi connectivity index (χ1n) is 7.92. The Morgan fingerprint density at radius 1 is 1.21 bits per heavy atom. The third-order valence-corrected chi connectivity index (χ3v) is 4.44. The molecule has 0 radical (unpaired) electrons. The third-order valence-electron chi connectivity index (χ3n) is 4.44. The fourth-order valence-electron chi connectivity index (χ4n) is 3.32. The Balaban J connectivity index is 1.98. The Bertz CT molecular complexity index is 287. The molecule has 2 N–H and O–H groups in total. The lowest BCUT2D eigenvalue weighted by atomic mass is 9.96. The number of carbonyl (C=O) groups is 1. The van der Waals surface area contributed by atoms with Crippen molar-refractivity contribution in [1.29, 1.82) is 0 Å². The Morgan fingerprint density at radius 2 is 2.05 bits per heavy atom. The van der Waals surface area contributed by atoms with Crippen molar-refractivity contribution in [3.63, 3.8) is 0 Å². The molecular formula is C15H29N3O. The van der Waals surface area contributed by atoms with Crippen molar-refractivity contribution in [2.45, 2.75) is 58.0 Å². The molecule has 0 aliphatic carbocycles. The summed E-state index contributed by atoms with van der Waals surface area (Å²) in [7, 11) is 0. The number of nitrogens with zero attached hydrogens (tertiary/aromatic N) is 1. The van der Waals surface area contributed by atoms with Crippen LogP contribution in [0.4, 0.5) is 0 Å². The summed E-state index contributed by atoms with van der Waals surface area (Å²) >= 11 is 0. The molecule has 0 saturated carbocycles. The van der Waals surface area contributed by atoms with Gasteiger partial charge in [0, 0.05) is 19.1 Å². The van der Waals surface area contributed by atoms with E-state index in [1.54, 1.807) is 0 Å². The second kappa shape index (κ2) is 7.25. The van der Waals surface area contributed by atoms with Crippen LogP contribution in [0.3, 0.4) is 0 Å². The van der Waals surface area contributed by atoms with Crippen molar-refractivity contribution < 1.29 is 4.79 Å². The van der Waals surface area contributed by atoms with Crippen LogP contribution in [0.5, 0.6) is 0 Å². The van der Waals surface area contributed by atoms with Gasteiger partial charge in [-0.1, -0.05) is 0 Å². The largest absolute Gasteiger partial charge is 0.355 e. The quantitative estimate of drug-likeness (QED) is 0.808. The lowest BCUT2D eigenvalue weighted by molar-refractivity contribution is -0.127. The van der Waals surface area contributed by atoms with Crippen LogP contribution in [-0.2, 0) is 4.79 Å². The molecule has 1 amide bonds. The molecule has 0 aromatic carbocycles. The molecule has 4 nitrogen and oxygen atoms in total. The fraction of sp³-hybridized carbons (Fsp3) is 0.933.